The van der Waals surface area contributed by atoms with Crippen LogP contribution in [0.1, 0.15) is 65.6 Å². The zero-order chi connectivity index (χ0) is 28.6. The zero-order valence-electron chi connectivity index (χ0n) is 22.8. The van der Waals surface area contributed by atoms with Crippen molar-refractivity contribution in [1.29, 1.82) is 0 Å². The van der Waals surface area contributed by atoms with Crippen molar-refractivity contribution in [2.45, 2.75) is 46.1 Å². The van der Waals surface area contributed by atoms with Crippen LogP contribution in [0, 0.1) is 6.92 Å². The smallest absolute Gasteiger partial charge is 0.350 e. The first-order valence-corrected chi connectivity index (χ1v) is 14.1. The molecular weight excluding hydrogens is 528 g/mol. The van der Waals surface area contributed by atoms with Gasteiger partial charge < -0.3 is 14.6 Å². The molecule has 3 aromatic rings. The van der Waals surface area contributed by atoms with Crippen LogP contribution in [0.2, 0.25) is 0 Å². The Bertz CT molecular complexity index is 1440. The maximum Gasteiger partial charge on any atom is 0.350 e. The Morgan fingerprint density at radius 3 is 2.60 bits per heavy atom. The molecule has 2 aromatic carbocycles. The van der Waals surface area contributed by atoms with Crippen LogP contribution in [0.25, 0.3) is 6.08 Å². The van der Waals surface area contributed by atoms with E-state index in [0.29, 0.717) is 23.6 Å². The van der Waals surface area contributed by atoms with Crippen LogP contribution in [0.4, 0.5) is 5.13 Å². The Labute approximate surface area is 237 Å². The number of aromatic nitrogens is 1. The number of hydrogen-bond donors (Lipinski definition) is 1. The topological polar surface area (TPSA) is 106 Å². The van der Waals surface area contributed by atoms with Gasteiger partial charge in [-0.2, -0.15) is 0 Å². The standard InChI is InChI=1S/C31H32N2O6S/c1-4-6-10-18-39-23-15-11-14-22(19-23)26-25(24(34)17-16-21-12-8-7-9-13-21)27(35)29(36)33(26)31-32-20(3)28(40-31)30(37)38-5-2/h7-9,11-17,19,26,35H,4-6,10,18H2,1-3H3. The molecule has 1 unspecified atom stereocenters. The van der Waals surface area contributed by atoms with Crippen LogP contribution in [0.3, 0.4) is 0 Å². The van der Waals surface area contributed by atoms with Gasteiger partial charge in [0.15, 0.2) is 16.7 Å². The van der Waals surface area contributed by atoms with E-state index in [2.05, 4.69) is 11.9 Å². The van der Waals surface area contributed by atoms with E-state index >= 15 is 0 Å². The van der Waals surface area contributed by atoms with Crippen molar-refractivity contribution in [2.24, 2.45) is 0 Å². The van der Waals surface area contributed by atoms with Gasteiger partial charge in [-0.3, -0.25) is 14.5 Å². The molecule has 0 saturated carbocycles. The Hall–Kier alpha value is -4.24. The summed E-state index contributed by atoms with van der Waals surface area (Å²) in [5.41, 5.74) is 1.67. The number of aliphatic hydroxyl groups excluding tert-OH is 1. The molecular formula is C31H32N2O6S. The van der Waals surface area contributed by atoms with E-state index in [4.69, 9.17) is 9.47 Å². The SMILES string of the molecule is CCCCCOc1cccc(C2C(C(=O)C=Cc3ccccc3)=C(O)C(=O)N2c2nc(C)c(C(=O)OCC)s2)c1. The Kier molecular flexibility index (Phi) is 9.50. The highest BCUT2D eigenvalue weighted by molar-refractivity contribution is 7.17. The van der Waals surface area contributed by atoms with E-state index in [9.17, 15) is 19.5 Å². The first-order chi connectivity index (χ1) is 19.3. The van der Waals surface area contributed by atoms with Crippen molar-refractivity contribution in [2.75, 3.05) is 18.1 Å². The molecule has 1 atom stereocenters. The number of esters is 1. The molecule has 0 bridgehead atoms. The molecule has 9 heteroatoms. The van der Waals surface area contributed by atoms with E-state index < -0.39 is 29.5 Å². The number of hydrogen-bond acceptors (Lipinski definition) is 8. The van der Waals surface area contributed by atoms with Crippen molar-refractivity contribution >= 4 is 40.2 Å². The lowest BCUT2D eigenvalue weighted by Crippen LogP contribution is -2.30. The van der Waals surface area contributed by atoms with Gasteiger partial charge in [0.2, 0.25) is 0 Å². The summed E-state index contributed by atoms with van der Waals surface area (Å²) in [4.78, 5) is 45.5. The number of aryl methyl sites for hydroxylation is 1. The number of allylic oxidation sites excluding steroid dienone is 1. The number of unbranched alkanes of at least 4 members (excludes halogenated alkanes) is 2. The third kappa shape index (κ3) is 6.31. The number of ketones is 1. The number of ether oxygens (including phenoxy) is 2. The van der Waals surface area contributed by atoms with Crippen molar-refractivity contribution < 1.29 is 29.0 Å². The second-order valence-electron chi connectivity index (χ2n) is 9.21. The molecule has 1 aliphatic heterocycles. The van der Waals surface area contributed by atoms with Crippen molar-refractivity contribution in [1.82, 2.24) is 4.98 Å². The van der Waals surface area contributed by atoms with Gasteiger partial charge in [-0.05, 0) is 49.6 Å². The Morgan fingerprint density at radius 2 is 1.88 bits per heavy atom. The fourth-order valence-corrected chi connectivity index (χ4v) is 5.37. The van der Waals surface area contributed by atoms with Crippen molar-refractivity contribution in [3.63, 3.8) is 0 Å². The fraction of sp³-hybridized carbons (Fsp3) is 0.290. The maximum absolute atomic E-state index is 13.5. The highest BCUT2D eigenvalue weighted by atomic mass is 32.1. The minimum Gasteiger partial charge on any atom is -0.503 e. The fourth-order valence-electron chi connectivity index (χ4n) is 4.38. The summed E-state index contributed by atoms with van der Waals surface area (Å²) in [6, 6.07) is 15.4. The average molecular weight is 561 g/mol. The van der Waals surface area contributed by atoms with Crippen LogP contribution in [0.15, 0.2) is 72.0 Å². The number of thiazole rings is 1. The monoisotopic (exact) mass is 560 g/mol. The lowest BCUT2D eigenvalue weighted by molar-refractivity contribution is -0.117. The van der Waals surface area contributed by atoms with Crippen molar-refractivity contribution in [3.8, 4) is 5.75 Å². The number of nitrogens with zero attached hydrogens (tertiary/aromatic N) is 2. The van der Waals surface area contributed by atoms with Gasteiger partial charge in [-0.25, -0.2) is 9.78 Å². The summed E-state index contributed by atoms with van der Waals surface area (Å²) >= 11 is 0.978. The molecule has 208 valence electrons. The first kappa shape index (κ1) is 28.8. The molecule has 8 nitrogen and oxygen atoms in total. The number of anilines is 1. The second kappa shape index (κ2) is 13.2. The van der Waals surface area contributed by atoms with Crippen LogP contribution < -0.4 is 9.64 Å². The molecule has 1 aliphatic rings. The molecule has 1 aromatic heterocycles. The third-order valence-corrected chi connectivity index (χ3v) is 7.48. The highest BCUT2D eigenvalue weighted by Crippen LogP contribution is 2.43. The summed E-state index contributed by atoms with van der Waals surface area (Å²) in [7, 11) is 0. The summed E-state index contributed by atoms with van der Waals surface area (Å²) < 4.78 is 11.1. The highest BCUT2D eigenvalue weighted by Gasteiger charge is 2.45. The van der Waals surface area contributed by atoms with Crippen LogP contribution >= 0.6 is 11.3 Å². The van der Waals surface area contributed by atoms with E-state index in [0.717, 1.165) is 36.2 Å². The largest absolute Gasteiger partial charge is 0.503 e. The molecule has 0 fully saturated rings. The Morgan fingerprint density at radius 1 is 1.10 bits per heavy atom. The summed E-state index contributed by atoms with van der Waals surface area (Å²) in [5.74, 6) is -1.92. The maximum atomic E-state index is 13.5. The number of rotatable bonds is 12. The molecule has 1 amide bonds. The zero-order valence-corrected chi connectivity index (χ0v) is 23.6. The number of benzene rings is 2. The van der Waals surface area contributed by atoms with E-state index in [1.54, 1.807) is 38.1 Å². The van der Waals surface area contributed by atoms with Crippen LogP contribution in [-0.2, 0) is 14.3 Å². The van der Waals surface area contributed by atoms with Gasteiger partial charge >= 0.3 is 5.97 Å². The molecule has 0 radical (unpaired) electrons. The first-order valence-electron chi connectivity index (χ1n) is 13.3. The predicted molar refractivity (Wildman–Crippen MR) is 155 cm³/mol. The molecule has 0 aliphatic carbocycles. The van der Waals surface area contributed by atoms with Gasteiger partial charge in [0.25, 0.3) is 5.91 Å². The Balaban J connectivity index is 1.75. The molecule has 0 saturated heterocycles. The molecule has 2 heterocycles. The summed E-state index contributed by atoms with van der Waals surface area (Å²) in [6.45, 7) is 6.19. The lowest BCUT2D eigenvalue weighted by Gasteiger charge is -2.24. The van der Waals surface area contributed by atoms with E-state index in [-0.39, 0.29) is 22.2 Å². The third-order valence-electron chi connectivity index (χ3n) is 6.34. The molecule has 0 spiro atoms. The normalized spacial score (nSPS) is 15.2. The van der Waals surface area contributed by atoms with Crippen LogP contribution in [0.5, 0.6) is 5.75 Å². The molecule has 4 rings (SSSR count). The van der Waals surface area contributed by atoms with E-state index in [1.165, 1.54) is 11.0 Å². The predicted octanol–water partition coefficient (Wildman–Crippen LogP) is 6.38. The van der Waals surface area contributed by atoms with Crippen molar-refractivity contribution in [3.05, 3.63) is 93.7 Å². The minimum atomic E-state index is -0.986. The number of amides is 1. The van der Waals surface area contributed by atoms with Gasteiger partial charge in [0, 0.05) is 0 Å². The van der Waals surface area contributed by atoms with Gasteiger partial charge in [-0.15, -0.1) is 0 Å². The summed E-state index contributed by atoms with van der Waals surface area (Å²) in [6.07, 6.45) is 5.98. The molecule has 40 heavy (non-hydrogen) atoms. The van der Waals surface area contributed by atoms with Crippen LogP contribution in [-0.4, -0.2) is 41.0 Å². The molecule has 1 N–H and O–H groups in total. The second-order valence-corrected chi connectivity index (χ2v) is 10.2. The number of carbonyl (C=O) groups is 3. The van der Waals surface area contributed by atoms with Gasteiger partial charge in [0.05, 0.1) is 30.5 Å². The number of aliphatic hydroxyl groups is 1. The lowest BCUT2D eigenvalue weighted by atomic mass is 9.95. The quantitative estimate of drug-likeness (QED) is 0.156. The van der Waals surface area contributed by atoms with E-state index in [1.807, 2.05) is 36.4 Å². The minimum absolute atomic E-state index is 0.0779. The van der Waals surface area contributed by atoms with Gasteiger partial charge in [-0.1, -0.05) is 79.6 Å². The summed E-state index contributed by atoms with van der Waals surface area (Å²) in [5, 5.41) is 11.2. The van der Waals surface area contributed by atoms with Gasteiger partial charge in [0.1, 0.15) is 10.6 Å². The average Bonchev–Trinajstić information content (AvgIpc) is 3.47. The number of carbonyl (C=O) groups excluding carboxylic acids is 3.